The van der Waals surface area contributed by atoms with E-state index in [9.17, 15) is 22.8 Å². The number of alkyl halides is 3. The van der Waals surface area contributed by atoms with Crippen molar-refractivity contribution in [2.45, 2.75) is 25.3 Å². The molecule has 0 saturated heterocycles. The molecule has 9 heteroatoms. The molecule has 0 radical (unpaired) electrons. The van der Waals surface area contributed by atoms with Crippen molar-refractivity contribution < 1.29 is 22.8 Å². The molecule has 1 heterocycles. The van der Waals surface area contributed by atoms with Gasteiger partial charge in [-0.05, 0) is 35.4 Å². The summed E-state index contributed by atoms with van der Waals surface area (Å²) in [6, 6.07) is 16.3. The van der Waals surface area contributed by atoms with Crippen LogP contribution in [-0.2, 0) is 11.3 Å². The predicted octanol–water partition coefficient (Wildman–Crippen LogP) is 4.27. The van der Waals surface area contributed by atoms with Gasteiger partial charge in [0, 0.05) is 36.1 Å². The second-order valence-electron chi connectivity index (χ2n) is 7.06. The summed E-state index contributed by atoms with van der Waals surface area (Å²) in [6.07, 6.45) is -2.29. The summed E-state index contributed by atoms with van der Waals surface area (Å²) >= 11 is 0. The Kier molecular flexibility index (Phi) is 7.21. The number of benzene rings is 2. The van der Waals surface area contributed by atoms with Crippen LogP contribution in [0.25, 0.3) is 0 Å². The maximum atomic E-state index is 13.4. The van der Waals surface area contributed by atoms with Gasteiger partial charge in [0.25, 0.3) is 5.91 Å². The SMILES string of the molecule is NC(CC(=O)N(Cc1ccccc1)C(F)(F)F)c1ccc(C(=O)Nc2ccncc2)cc1. The summed E-state index contributed by atoms with van der Waals surface area (Å²) in [4.78, 5) is 28.4. The molecule has 3 rings (SSSR count). The van der Waals surface area contributed by atoms with Gasteiger partial charge in [0.1, 0.15) is 0 Å². The number of nitrogens with one attached hydrogen (secondary N) is 1. The normalized spacial score (nSPS) is 12.1. The Morgan fingerprint density at radius 1 is 0.969 bits per heavy atom. The molecule has 0 fully saturated rings. The summed E-state index contributed by atoms with van der Waals surface area (Å²) in [6.45, 7) is -0.593. The molecule has 0 saturated carbocycles. The van der Waals surface area contributed by atoms with Gasteiger partial charge in [-0.15, -0.1) is 13.2 Å². The van der Waals surface area contributed by atoms with Crippen LogP contribution in [0, 0.1) is 0 Å². The van der Waals surface area contributed by atoms with E-state index in [0.29, 0.717) is 22.4 Å². The number of rotatable bonds is 7. The summed E-state index contributed by atoms with van der Waals surface area (Å²) in [5, 5.41) is 2.70. The number of amides is 2. The van der Waals surface area contributed by atoms with Crippen molar-refractivity contribution in [3.8, 4) is 0 Å². The van der Waals surface area contributed by atoms with Crippen LogP contribution in [-0.4, -0.2) is 28.0 Å². The van der Waals surface area contributed by atoms with E-state index in [1.807, 2.05) is 0 Å². The van der Waals surface area contributed by atoms with Gasteiger partial charge in [-0.2, -0.15) is 0 Å². The number of carbonyl (C=O) groups is 2. The molecule has 2 amide bonds. The van der Waals surface area contributed by atoms with Crippen molar-refractivity contribution in [3.05, 3.63) is 95.8 Å². The first-order valence-electron chi connectivity index (χ1n) is 9.72. The molecule has 0 aliphatic heterocycles. The zero-order valence-electron chi connectivity index (χ0n) is 16.9. The first-order valence-corrected chi connectivity index (χ1v) is 9.72. The minimum atomic E-state index is -4.83. The first kappa shape index (κ1) is 23.0. The van der Waals surface area contributed by atoms with Gasteiger partial charge in [-0.1, -0.05) is 42.5 Å². The molecule has 1 atom stereocenters. The second-order valence-corrected chi connectivity index (χ2v) is 7.06. The monoisotopic (exact) mass is 442 g/mol. The van der Waals surface area contributed by atoms with E-state index in [0.717, 1.165) is 0 Å². The van der Waals surface area contributed by atoms with Crippen molar-refractivity contribution in [1.29, 1.82) is 0 Å². The van der Waals surface area contributed by atoms with Crippen LogP contribution >= 0.6 is 0 Å². The summed E-state index contributed by atoms with van der Waals surface area (Å²) in [7, 11) is 0. The quantitative estimate of drug-likeness (QED) is 0.535. The lowest BCUT2D eigenvalue weighted by Crippen LogP contribution is -2.43. The fraction of sp³-hybridized carbons (Fsp3) is 0.174. The molecule has 166 valence electrons. The van der Waals surface area contributed by atoms with Crippen LogP contribution in [0.4, 0.5) is 18.9 Å². The first-order chi connectivity index (χ1) is 15.2. The van der Waals surface area contributed by atoms with E-state index in [1.54, 1.807) is 30.3 Å². The van der Waals surface area contributed by atoms with E-state index in [2.05, 4.69) is 10.3 Å². The Bertz CT molecular complexity index is 1040. The summed E-state index contributed by atoms with van der Waals surface area (Å²) in [5.74, 6) is -1.49. The molecule has 0 bridgehead atoms. The average Bonchev–Trinajstić information content (AvgIpc) is 2.78. The molecule has 3 N–H and O–H groups in total. The van der Waals surface area contributed by atoms with Crippen molar-refractivity contribution in [3.63, 3.8) is 0 Å². The zero-order chi connectivity index (χ0) is 23.1. The van der Waals surface area contributed by atoms with Crippen molar-refractivity contribution in [1.82, 2.24) is 9.88 Å². The molecule has 6 nitrogen and oxygen atoms in total. The van der Waals surface area contributed by atoms with E-state index >= 15 is 0 Å². The molecule has 0 aliphatic carbocycles. The van der Waals surface area contributed by atoms with Crippen molar-refractivity contribution in [2.24, 2.45) is 5.73 Å². The smallest absolute Gasteiger partial charge is 0.324 e. The number of anilines is 1. The molecule has 32 heavy (non-hydrogen) atoms. The number of aromatic nitrogens is 1. The fourth-order valence-corrected chi connectivity index (χ4v) is 3.02. The largest absolute Gasteiger partial charge is 0.487 e. The third-order valence-corrected chi connectivity index (χ3v) is 4.72. The number of pyridine rings is 1. The van der Waals surface area contributed by atoms with E-state index in [1.165, 1.54) is 48.8 Å². The maximum Gasteiger partial charge on any atom is 0.487 e. The third kappa shape index (κ3) is 6.14. The maximum absolute atomic E-state index is 13.4. The van der Waals surface area contributed by atoms with Gasteiger partial charge in [-0.25, -0.2) is 4.90 Å². The lowest BCUT2D eigenvalue weighted by Gasteiger charge is -2.26. The highest BCUT2D eigenvalue weighted by atomic mass is 19.4. The highest BCUT2D eigenvalue weighted by molar-refractivity contribution is 6.04. The number of hydrogen-bond acceptors (Lipinski definition) is 4. The standard InChI is InChI=1S/C23H21F3N4O2/c24-23(25,26)30(15-16-4-2-1-3-5-16)21(31)14-20(27)17-6-8-18(9-7-17)22(32)29-19-10-12-28-13-11-19/h1-13,20H,14-15,27H2,(H,28,29,32). The number of nitrogens with zero attached hydrogens (tertiary/aromatic N) is 2. The van der Waals surface area contributed by atoms with Gasteiger partial charge in [-0.3, -0.25) is 14.6 Å². The Morgan fingerprint density at radius 3 is 2.19 bits per heavy atom. The molecular weight excluding hydrogens is 421 g/mol. The lowest BCUT2D eigenvalue weighted by atomic mass is 10.0. The minimum absolute atomic E-state index is 0.140. The molecule has 2 aromatic carbocycles. The van der Waals surface area contributed by atoms with Gasteiger partial charge < -0.3 is 11.1 Å². The second kappa shape index (κ2) is 10.1. The Morgan fingerprint density at radius 2 is 1.59 bits per heavy atom. The molecule has 0 spiro atoms. The van der Waals surface area contributed by atoms with E-state index < -0.39 is 31.2 Å². The van der Waals surface area contributed by atoms with Gasteiger partial charge >= 0.3 is 6.30 Å². The molecule has 0 aliphatic rings. The van der Waals surface area contributed by atoms with Crippen LogP contribution in [0.3, 0.4) is 0 Å². The average molecular weight is 442 g/mol. The van der Waals surface area contributed by atoms with E-state index in [-0.39, 0.29) is 10.8 Å². The Balaban J connectivity index is 1.65. The molecule has 1 unspecified atom stereocenters. The van der Waals surface area contributed by atoms with Crippen LogP contribution in [0.1, 0.15) is 33.9 Å². The Labute approximate surface area is 182 Å². The van der Waals surface area contributed by atoms with E-state index in [4.69, 9.17) is 5.73 Å². The summed E-state index contributed by atoms with van der Waals surface area (Å²) in [5.41, 5.74) is 7.71. The zero-order valence-corrected chi connectivity index (χ0v) is 16.9. The molecular formula is C23H21F3N4O2. The van der Waals surface area contributed by atoms with Gasteiger partial charge in [0.2, 0.25) is 5.91 Å². The van der Waals surface area contributed by atoms with Crippen molar-refractivity contribution >= 4 is 17.5 Å². The number of hydrogen-bond donors (Lipinski definition) is 2. The van der Waals surface area contributed by atoms with Crippen LogP contribution in [0.15, 0.2) is 79.1 Å². The highest BCUT2D eigenvalue weighted by Gasteiger charge is 2.41. The van der Waals surface area contributed by atoms with Gasteiger partial charge in [0.05, 0.1) is 6.54 Å². The Hall–Kier alpha value is -3.72. The number of carbonyl (C=O) groups excluding carboxylic acids is 2. The predicted molar refractivity (Wildman–Crippen MR) is 113 cm³/mol. The topological polar surface area (TPSA) is 88.3 Å². The number of nitrogens with two attached hydrogens (primary N) is 1. The molecule has 3 aromatic rings. The highest BCUT2D eigenvalue weighted by Crippen LogP contribution is 2.27. The lowest BCUT2D eigenvalue weighted by molar-refractivity contribution is -0.244. The van der Waals surface area contributed by atoms with Crippen LogP contribution in [0.2, 0.25) is 0 Å². The van der Waals surface area contributed by atoms with Crippen LogP contribution < -0.4 is 11.1 Å². The van der Waals surface area contributed by atoms with Crippen LogP contribution in [0.5, 0.6) is 0 Å². The van der Waals surface area contributed by atoms with Gasteiger partial charge in [0.15, 0.2) is 0 Å². The third-order valence-electron chi connectivity index (χ3n) is 4.72. The fourth-order valence-electron chi connectivity index (χ4n) is 3.02. The summed E-state index contributed by atoms with van der Waals surface area (Å²) < 4.78 is 40.3. The minimum Gasteiger partial charge on any atom is -0.324 e. The number of halogens is 3. The van der Waals surface area contributed by atoms with Crippen molar-refractivity contribution in [2.75, 3.05) is 5.32 Å². The molecule has 1 aromatic heterocycles.